The highest BCUT2D eigenvalue weighted by atomic mass is 15.6. The van der Waals surface area contributed by atoms with Crippen molar-refractivity contribution in [2.24, 2.45) is 7.05 Å². The minimum atomic E-state index is 0.177. The Morgan fingerprint density at radius 2 is 2.21 bits per heavy atom. The zero-order valence-corrected chi connectivity index (χ0v) is 11.7. The molecule has 2 rings (SSSR count). The largest absolute Gasteiger partial charge is 0.310 e. The van der Waals surface area contributed by atoms with E-state index in [-0.39, 0.29) is 6.04 Å². The van der Waals surface area contributed by atoms with Gasteiger partial charge in [-0.3, -0.25) is 4.98 Å². The van der Waals surface area contributed by atoms with Crippen LogP contribution in [0.25, 0.3) is 0 Å². The number of aryl methyl sites for hydroxylation is 2. The van der Waals surface area contributed by atoms with Gasteiger partial charge < -0.3 is 5.32 Å². The summed E-state index contributed by atoms with van der Waals surface area (Å²) in [6, 6.07) is 2.33. The third-order valence-electron chi connectivity index (χ3n) is 2.88. The van der Waals surface area contributed by atoms with Gasteiger partial charge in [0, 0.05) is 24.9 Å². The van der Waals surface area contributed by atoms with E-state index in [0.717, 1.165) is 30.8 Å². The zero-order valence-electron chi connectivity index (χ0n) is 11.7. The van der Waals surface area contributed by atoms with Gasteiger partial charge in [-0.15, -0.1) is 10.2 Å². The molecule has 0 radical (unpaired) electrons. The Morgan fingerprint density at radius 1 is 1.37 bits per heavy atom. The van der Waals surface area contributed by atoms with Gasteiger partial charge in [-0.25, -0.2) is 0 Å². The van der Waals surface area contributed by atoms with Crippen molar-refractivity contribution in [1.82, 2.24) is 30.5 Å². The van der Waals surface area contributed by atoms with Crippen molar-refractivity contribution in [3.05, 3.63) is 35.4 Å². The van der Waals surface area contributed by atoms with Crippen molar-refractivity contribution in [3.63, 3.8) is 0 Å². The highest BCUT2D eigenvalue weighted by Crippen LogP contribution is 2.16. The topological polar surface area (TPSA) is 68.5 Å². The van der Waals surface area contributed by atoms with Crippen molar-refractivity contribution < 1.29 is 0 Å². The molecule has 19 heavy (non-hydrogen) atoms. The van der Waals surface area contributed by atoms with E-state index in [9.17, 15) is 0 Å². The molecule has 0 spiro atoms. The van der Waals surface area contributed by atoms with Crippen LogP contribution in [0.5, 0.6) is 0 Å². The minimum absolute atomic E-state index is 0.177. The van der Waals surface area contributed by atoms with E-state index in [2.05, 4.69) is 38.7 Å². The van der Waals surface area contributed by atoms with Crippen LogP contribution in [0.2, 0.25) is 0 Å². The van der Waals surface area contributed by atoms with Crippen molar-refractivity contribution in [2.75, 3.05) is 6.54 Å². The number of nitrogens with zero attached hydrogens (tertiary/aromatic N) is 5. The number of rotatable bonds is 6. The molecule has 1 atom stereocenters. The van der Waals surface area contributed by atoms with Gasteiger partial charge in [0.1, 0.15) is 0 Å². The van der Waals surface area contributed by atoms with E-state index < -0.39 is 0 Å². The maximum atomic E-state index is 4.26. The number of aromatic nitrogens is 5. The van der Waals surface area contributed by atoms with Gasteiger partial charge >= 0.3 is 0 Å². The van der Waals surface area contributed by atoms with Crippen molar-refractivity contribution >= 4 is 0 Å². The maximum Gasteiger partial charge on any atom is 0.176 e. The summed E-state index contributed by atoms with van der Waals surface area (Å²) in [5.74, 6) is 0.748. The monoisotopic (exact) mass is 260 g/mol. The van der Waals surface area contributed by atoms with Gasteiger partial charge in [-0.05, 0) is 36.2 Å². The van der Waals surface area contributed by atoms with Gasteiger partial charge in [0.15, 0.2) is 5.82 Å². The van der Waals surface area contributed by atoms with Gasteiger partial charge in [-0.1, -0.05) is 13.0 Å². The van der Waals surface area contributed by atoms with Crippen LogP contribution in [-0.2, 0) is 13.5 Å². The summed E-state index contributed by atoms with van der Waals surface area (Å²) in [5, 5.41) is 15.7. The molecule has 0 saturated heterocycles. The van der Waals surface area contributed by atoms with Crippen LogP contribution < -0.4 is 5.32 Å². The highest BCUT2D eigenvalue weighted by molar-refractivity contribution is 5.21. The molecule has 0 bridgehead atoms. The predicted molar refractivity (Wildman–Crippen MR) is 72.5 cm³/mol. The Kier molecular flexibility index (Phi) is 4.57. The van der Waals surface area contributed by atoms with Gasteiger partial charge in [0.2, 0.25) is 0 Å². The minimum Gasteiger partial charge on any atom is -0.310 e. The average Bonchev–Trinajstić information content (AvgIpc) is 2.80. The lowest BCUT2D eigenvalue weighted by atomic mass is 10.0. The molecule has 0 amide bonds. The van der Waals surface area contributed by atoms with E-state index in [4.69, 9.17) is 0 Å². The number of hydrogen-bond acceptors (Lipinski definition) is 5. The smallest absolute Gasteiger partial charge is 0.176 e. The van der Waals surface area contributed by atoms with Crippen LogP contribution in [-0.4, -0.2) is 31.7 Å². The van der Waals surface area contributed by atoms with Crippen LogP contribution in [0.4, 0.5) is 0 Å². The molecule has 1 N–H and O–H groups in total. The zero-order chi connectivity index (χ0) is 13.7. The molecular weight excluding hydrogens is 240 g/mol. The van der Waals surface area contributed by atoms with Crippen molar-refractivity contribution in [3.8, 4) is 0 Å². The second-order valence-corrected chi connectivity index (χ2v) is 4.70. The van der Waals surface area contributed by atoms with Crippen LogP contribution in [0.1, 0.15) is 36.3 Å². The van der Waals surface area contributed by atoms with E-state index in [0.29, 0.717) is 0 Å². The molecule has 0 aliphatic heterocycles. The van der Waals surface area contributed by atoms with E-state index >= 15 is 0 Å². The first-order chi connectivity index (χ1) is 9.19. The Hall–Kier alpha value is -1.82. The van der Waals surface area contributed by atoms with Crippen molar-refractivity contribution in [2.45, 2.75) is 32.7 Å². The molecule has 0 fully saturated rings. The summed E-state index contributed by atoms with van der Waals surface area (Å²) in [5.41, 5.74) is 2.33. The lowest BCUT2D eigenvalue weighted by Crippen LogP contribution is -2.24. The standard InChI is InChI=1S/C13H20N6/c1-4-5-15-12(7-13-16-18-19(3)17-13)11-6-10(2)8-14-9-11/h6,8-9,12,15H,4-5,7H2,1-3H3. The normalized spacial score (nSPS) is 12.6. The first-order valence-electron chi connectivity index (χ1n) is 6.57. The summed E-state index contributed by atoms with van der Waals surface area (Å²) in [6.45, 7) is 5.16. The SMILES string of the molecule is CCCNC(Cc1nnn(C)n1)c1cncc(C)c1. The predicted octanol–water partition coefficient (Wildman–Crippen LogP) is 1.20. The van der Waals surface area contributed by atoms with Crippen LogP contribution in [0, 0.1) is 6.92 Å². The van der Waals surface area contributed by atoms with E-state index in [1.807, 2.05) is 19.3 Å². The molecule has 1 unspecified atom stereocenters. The summed E-state index contributed by atoms with van der Waals surface area (Å²) in [6.07, 6.45) is 5.57. The first-order valence-corrected chi connectivity index (χ1v) is 6.57. The second-order valence-electron chi connectivity index (χ2n) is 4.70. The van der Waals surface area contributed by atoms with Gasteiger partial charge in [0.25, 0.3) is 0 Å². The third-order valence-corrected chi connectivity index (χ3v) is 2.88. The molecule has 102 valence electrons. The number of hydrogen-bond donors (Lipinski definition) is 1. The lowest BCUT2D eigenvalue weighted by molar-refractivity contribution is 0.515. The molecular formula is C13H20N6. The molecule has 2 aromatic heterocycles. The molecule has 0 aliphatic rings. The van der Waals surface area contributed by atoms with Crippen LogP contribution in [0.3, 0.4) is 0 Å². The number of tetrazole rings is 1. The quantitative estimate of drug-likeness (QED) is 0.845. The molecule has 6 nitrogen and oxygen atoms in total. The van der Waals surface area contributed by atoms with E-state index in [1.54, 1.807) is 7.05 Å². The lowest BCUT2D eigenvalue weighted by Gasteiger charge is -2.17. The molecule has 6 heteroatoms. The molecule has 0 saturated carbocycles. The fourth-order valence-corrected chi connectivity index (χ4v) is 1.98. The fraction of sp³-hybridized carbons (Fsp3) is 0.538. The maximum absolute atomic E-state index is 4.26. The summed E-state index contributed by atoms with van der Waals surface area (Å²) in [4.78, 5) is 5.75. The Balaban J connectivity index is 2.15. The molecule has 2 heterocycles. The number of pyridine rings is 1. The van der Waals surface area contributed by atoms with Crippen LogP contribution >= 0.6 is 0 Å². The van der Waals surface area contributed by atoms with Crippen LogP contribution in [0.15, 0.2) is 18.5 Å². The van der Waals surface area contributed by atoms with Gasteiger partial charge in [0.05, 0.1) is 7.05 Å². The Labute approximate surface area is 113 Å². The van der Waals surface area contributed by atoms with Gasteiger partial charge in [-0.2, -0.15) is 4.80 Å². The highest BCUT2D eigenvalue weighted by Gasteiger charge is 2.15. The van der Waals surface area contributed by atoms with Crippen molar-refractivity contribution in [1.29, 1.82) is 0 Å². The Morgan fingerprint density at radius 3 is 2.84 bits per heavy atom. The molecule has 2 aromatic rings. The Bertz CT molecular complexity index is 521. The molecule has 0 aliphatic carbocycles. The summed E-state index contributed by atoms with van der Waals surface area (Å²) < 4.78 is 0. The van der Waals surface area contributed by atoms with E-state index in [1.165, 1.54) is 10.4 Å². The summed E-state index contributed by atoms with van der Waals surface area (Å²) >= 11 is 0. The first kappa shape index (κ1) is 13.6. The third kappa shape index (κ3) is 3.82. The number of nitrogens with one attached hydrogen (secondary N) is 1. The molecule has 0 aromatic carbocycles. The summed E-state index contributed by atoms with van der Waals surface area (Å²) in [7, 11) is 1.78. The second kappa shape index (κ2) is 6.38. The average molecular weight is 260 g/mol. The fourth-order valence-electron chi connectivity index (χ4n) is 1.98.